The fourth-order valence-corrected chi connectivity index (χ4v) is 3.89. The second-order valence-corrected chi connectivity index (χ2v) is 8.60. The number of aryl methyl sites for hydroxylation is 1. The van der Waals surface area contributed by atoms with Crippen LogP contribution in [0.4, 0.5) is 13.2 Å². The summed E-state index contributed by atoms with van der Waals surface area (Å²) in [6, 6.07) is 12.4. The van der Waals surface area contributed by atoms with Crippen LogP contribution < -0.4 is 4.74 Å². The Kier molecular flexibility index (Phi) is 7.13. The summed E-state index contributed by atoms with van der Waals surface area (Å²) in [5, 5.41) is 4.98. The summed E-state index contributed by atoms with van der Waals surface area (Å²) < 4.78 is 46.1. The van der Waals surface area contributed by atoms with Gasteiger partial charge >= 0.3 is 6.18 Å². The molecule has 10 heteroatoms. The molecule has 6 nitrogen and oxygen atoms in total. The number of hydrogen-bond donors (Lipinski definition) is 0. The molecule has 3 aromatic rings. The Labute approximate surface area is 200 Å². The summed E-state index contributed by atoms with van der Waals surface area (Å²) in [4.78, 5) is 16.6. The highest BCUT2D eigenvalue weighted by Crippen LogP contribution is 2.30. The second kappa shape index (κ2) is 10.1. The van der Waals surface area contributed by atoms with E-state index < -0.39 is 11.7 Å². The maximum absolute atomic E-state index is 12.9. The molecule has 2 aromatic carbocycles. The molecule has 0 N–H and O–H groups in total. The Morgan fingerprint density at radius 1 is 1.09 bits per heavy atom. The van der Waals surface area contributed by atoms with E-state index in [9.17, 15) is 18.0 Å². The zero-order chi connectivity index (χ0) is 24.3. The zero-order valence-electron chi connectivity index (χ0n) is 18.6. The van der Waals surface area contributed by atoms with Crippen LogP contribution >= 0.6 is 11.6 Å². The van der Waals surface area contributed by atoms with E-state index in [4.69, 9.17) is 16.3 Å². The van der Waals surface area contributed by atoms with E-state index in [2.05, 4.69) is 5.10 Å². The van der Waals surface area contributed by atoms with E-state index in [1.807, 2.05) is 17.9 Å². The highest BCUT2D eigenvalue weighted by atomic mass is 35.5. The molecule has 1 aliphatic heterocycles. The fourth-order valence-electron chi connectivity index (χ4n) is 3.77. The van der Waals surface area contributed by atoms with Gasteiger partial charge in [-0.2, -0.15) is 18.3 Å². The molecule has 0 saturated carbocycles. The van der Waals surface area contributed by atoms with Gasteiger partial charge < -0.3 is 9.64 Å². The molecular weight excluding hydrogens is 469 g/mol. The molecule has 1 saturated heterocycles. The second-order valence-electron chi connectivity index (χ2n) is 8.19. The third-order valence-electron chi connectivity index (χ3n) is 5.67. The molecule has 0 radical (unpaired) electrons. The van der Waals surface area contributed by atoms with Crippen molar-refractivity contribution in [3.05, 3.63) is 82.1 Å². The van der Waals surface area contributed by atoms with Gasteiger partial charge in [-0.3, -0.25) is 9.69 Å². The standard InChI is InChI=1S/C24H24ClF3N4O2/c1-17-13-20(5-6-21(17)25)34-16-32-8-7-22(29-32)23(33)31-11-9-30(10-12-31)15-18-3-2-4-19(14-18)24(26,27)28/h2-8,13-14H,9-12,15-16H2,1H3. The van der Waals surface area contributed by atoms with Gasteiger partial charge in [0.2, 0.25) is 0 Å². The quantitative estimate of drug-likeness (QED) is 0.493. The van der Waals surface area contributed by atoms with Crippen molar-refractivity contribution in [2.45, 2.75) is 26.4 Å². The Hall–Kier alpha value is -3.04. The number of amides is 1. The molecule has 1 fully saturated rings. The summed E-state index contributed by atoms with van der Waals surface area (Å²) in [6.45, 7) is 4.54. The predicted molar refractivity (Wildman–Crippen MR) is 122 cm³/mol. The highest BCUT2D eigenvalue weighted by molar-refractivity contribution is 6.31. The average Bonchev–Trinajstić information content (AvgIpc) is 3.29. The predicted octanol–water partition coefficient (Wildman–Crippen LogP) is 4.86. The summed E-state index contributed by atoms with van der Waals surface area (Å²) in [5.41, 5.74) is 1.18. The normalized spacial score (nSPS) is 14.9. The first-order chi connectivity index (χ1) is 16.2. The van der Waals surface area contributed by atoms with E-state index >= 15 is 0 Å². The van der Waals surface area contributed by atoms with Gasteiger partial charge in [-0.25, -0.2) is 4.68 Å². The summed E-state index contributed by atoms with van der Waals surface area (Å²) >= 11 is 6.02. The maximum Gasteiger partial charge on any atom is 0.416 e. The van der Waals surface area contributed by atoms with Crippen LogP contribution in [0.3, 0.4) is 0 Å². The van der Waals surface area contributed by atoms with Gasteiger partial charge in [0, 0.05) is 43.9 Å². The van der Waals surface area contributed by atoms with Gasteiger partial charge in [-0.15, -0.1) is 0 Å². The Balaban J connectivity index is 1.28. The van der Waals surface area contributed by atoms with E-state index in [1.54, 1.807) is 40.0 Å². The average molecular weight is 493 g/mol. The molecule has 0 bridgehead atoms. The Morgan fingerprint density at radius 2 is 1.85 bits per heavy atom. The number of alkyl halides is 3. The lowest BCUT2D eigenvalue weighted by Crippen LogP contribution is -2.48. The van der Waals surface area contributed by atoms with Crippen molar-refractivity contribution in [2.75, 3.05) is 26.2 Å². The molecule has 0 aliphatic carbocycles. The van der Waals surface area contributed by atoms with E-state index in [0.29, 0.717) is 54.8 Å². The van der Waals surface area contributed by atoms with Crippen LogP contribution in [-0.4, -0.2) is 51.7 Å². The number of aromatic nitrogens is 2. The Morgan fingerprint density at radius 3 is 2.56 bits per heavy atom. The molecule has 2 heterocycles. The first kappa shape index (κ1) is 24.1. The van der Waals surface area contributed by atoms with Crippen LogP contribution in [0.15, 0.2) is 54.7 Å². The van der Waals surface area contributed by atoms with Crippen LogP contribution in [0.1, 0.15) is 27.2 Å². The maximum atomic E-state index is 12.9. The lowest BCUT2D eigenvalue weighted by Gasteiger charge is -2.34. The first-order valence-corrected chi connectivity index (χ1v) is 11.2. The molecule has 1 amide bonds. The SMILES string of the molecule is Cc1cc(OCn2ccc(C(=O)N3CCN(Cc4cccc(C(F)(F)F)c4)CC3)n2)ccc1Cl. The van der Waals surface area contributed by atoms with Crippen molar-refractivity contribution in [1.82, 2.24) is 19.6 Å². The van der Waals surface area contributed by atoms with Gasteiger partial charge in [-0.1, -0.05) is 29.8 Å². The van der Waals surface area contributed by atoms with Gasteiger partial charge in [0.1, 0.15) is 5.75 Å². The van der Waals surface area contributed by atoms with E-state index in [-0.39, 0.29) is 12.6 Å². The molecule has 1 aliphatic rings. The molecule has 180 valence electrons. The number of hydrogen-bond acceptors (Lipinski definition) is 4. The number of nitrogens with zero attached hydrogens (tertiary/aromatic N) is 4. The van der Waals surface area contributed by atoms with Crippen LogP contribution in [0.25, 0.3) is 0 Å². The monoisotopic (exact) mass is 492 g/mol. The lowest BCUT2D eigenvalue weighted by atomic mass is 10.1. The third kappa shape index (κ3) is 5.90. The van der Waals surface area contributed by atoms with E-state index in [1.165, 1.54) is 12.1 Å². The minimum Gasteiger partial charge on any atom is -0.471 e. The number of benzene rings is 2. The fraction of sp³-hybridized carbons (Fsp3) is 0.333. The minimum atomic E-state index is -4.36. The third-order valence-corrected chi connectivity index (χ3v) is 6.10. The topological polar surface area (TPSA) is 50.6 Å². The summed E-state index contributed by atoms with van der Waals surface area (Å²) in [7, 11) is 0. The number of carbonyl (C=O) groups excluding carboxylic acids is 1. The molecule has 1 aromatic heterocycles. The number of carbonyl (C=O) groups is 1. The van der Waals surface area contributed by atoms with Crippen molar-refractivity contribution in [2.24, 2.45) is 0 Å². The van der Waals surface area contributed by atoms with Gasteiger partial charge in [-0.05, 0) is 48.4 Å². The van der Waals surface area contributed by atoms with Crippen LogP contribution in [0.2, 0.25) is 5.02 Å². The van der Waals surface area contributed by atoms with E-state index in [0.717, 1.165) is 11.6 Å². The number of halogens is 4. The number of rotatable bonds is 6. The summed E-state index contributed by atoms with van der Waals surface area (Å²) in [5.74, 6) is 0.474. The van der Waals surface area contributed by atoms with Crippen molar-refractivity contribution in [1.29, 1.82) is 0 Å². The highest BCUT2D eigenvalue weighted by Gasteiger charge is 2.30. The largest absolute Gasteiger partial charge is 0.471 e. The first-order valence-electron chi connectivity index (χ1n) is 10.8. The molecular formula is C24H24ClF3N4O2. The zero-order valence-corrected chi connectivity index (χ0v) is 19.3. The van der Waals surface area contributed by atoms with Crippen molar-refractivity contribution < 1.29 is 22.7 Å². The van der Waals surface area contributed by atoms with Gasteiger partial charge in [0.25, 0.3) is 5.91 Å². The summed E-state index contributed by atoms with van der Waals surface area (Å²) in [6.07, 6.45) is -2.68. The number of piperazine rings is 1. The molecule has 0 spiro atoms. The molecule has 34 heavy (non-hydrogen) atoms. The molecule has 0 atom stereocenters. The van der Waals surface area contributed by atoms with Gasteiger partial charge in [0.15, 0.2) is 12.4 Å². The minimum absolute atomic E-state index is 0.152. The van der Waals surface area contributed by atoms with Crippen molar-refractivity contribution >= 4 is 17.5 Å². The lowest BCUT2D eigenvalue weighted by molar-refractivity contribution is -0.137. The Bertz CT molecular complexity index is 1160. The molecule has 0 unspecified atom stereocenters. The van der Waals surface area contributed by atoms with Crippen molar-refractivity contribution in [3.63, 3.8) is 0 Å². The van der Waals surface area contributed by atoms with Crippen LogP contribution in [-0.2, 0) is 19.5 Å². The van der Waals surface area contributed by atoms with Crippen LogP contribution in [0.5, 0.6) is 5.75 Å². The van der Waals surface area contributed by atoms with Crippen LogP contribution in [0, 0.1) is 6.92 Å². The van der Waals surface area contributed by atoms with Crippen molar-refractivity contribution in [3.8, 4) is 5.75 Å². The number of ether oxygens (including phenoxy) is 1. The smallest absolute Gasteiger partial charge is 0.416 e. The van der Waals surface area contributed by atoms with Gasteiger partial charge in [0.05, 0.1) is 5.56 Å². The molecule has 4 rings (SSSR count).